The minimum atomic E-state index is 0.0132. The van der Waals surface area contributed by atoms with Crippen LogP contribution in [0.5, 0.6) is 0 Å². The van der Waals surface area contributed by atoms with Crippen LogP contribution in [0.2, 0.25) is 0 Å². The van der Waals surface area contributed by atoms with Crippen molar-refractivity contribution in [2.24, 2.45) is 11.8 Å². The van der Waals surface area contributed by atoms with E-state index in [1.807, 2.05) is 33.7 Å². The SMILES string of the molecule is O=C(c1cnccn1)N1CCC2CC(N3CCC(n4c(=O)[nH]c5ccccc54)CC3)CC2CC1. The number of aromatic amines is 1. The predicted molar refractivity (Wildman–Crippen MR) is 130 cm³/mol. The fourth-order valence-corrected chi connectivity index (χ4v) is 6.66. The number of carbonyl (C=O) groups excluding carboxylic acids is 1. The summed E-state index contributed by atoms with van der Waals surface area (Å²) in [4.78, 5) is 41.3. The molecule has 2 unspecified atom stereocenters. The molecule has 178 valence electrons. The zero-order chi connectivity index (χ0) is 23.1. The van der Waals surface area contributed by atoms with Gasteiger partial charge in [0.2, 0.25) is 0 Å². The second kappa shape index (κ2) is 8.98. The van der Waals surface area contributed by atoms with Crippen LogP contribution < -0.4 is 5.69 Å². The van der Waals surface area contributed by atoms with Crippen LogP contribution in [-0.4, -0.2) is 67.4 Å². The summed E-state index contributed by atoms with van der Waals surface area (Å²) in [6, 6.07) is 8.91. The van der Waals surface area contributed by atoms with Gasteiger partial charge in [0.25, 0.3) is 5.91 Å². The van der Waals surface area contributed by atoms with E-state index in [2.05, 4.69) is 19.9 Å². The van der Waals surface area contributed by atoms with E-state index in [9.17, 15) is 9.59 Å². The second-order valence-electron chi connectivity index (χ2n) is 10.2. The molecule has 34 heavy (non-hydrogen) atoms. The van der Waals surface area contributed by atoms with E-state index >= 15 is 0 Å². The van der Waals surface area contributed by atoms with E-state index < -0.39 is 0 Å². The Morgan fingerprint density at radius 2 is 1.65 bits per heavy atom. The Balaban J connectivity index is 1.05. The number of carbonyl (C=O) groups is 1. The summed E-state index contributed by atoms with van der Waals surface area (Å²) in [5.41, 5.74) is 2.42. The van der Waals surface area contributed by atoms with Crippen molar-refractivity contribution < 1.29 is 4.79 Å². The number of imidazole rings is 1. The maximum atomic E-state index is 12.8. The van der Waals surface area contributed by atoms with Gasteiger partial charge in [0, 0.05) is 50.7 Å². The average molecular weight is 461 g/mol. The second-order valence-corrected chi connectivity index (χ2v) is 10.2. The van der Waals surface area contributed by atoms with Crippen LogP contribution in [0.1, 0.15) is 55.1 Å². The lowest BCUT2D eigenvalue weighted by molar-refractivity contribution is 0.0748. The maximum absolute atomic E-state index is 12.8. The Hall–Kier alpha value is -3.00. The number of hydrogen-bond acceptors (Lipinski definition) is 5. The van der Waals surface area contributed by atoms with Crippen LogP contribution in [0, 0.1) is 11.8 Å². The fourth-order valence-electron chi connectivity index (χ4n) is 6.66. The van der Waals surface area contributed by atoms with Gasteiger partial charge in [-0.2, -0.15) is 0 Å². The molecule has 2 saturated heterocycles. The summed E-state index contributed by atoms with van der Waals surface area (Å²) < 4.78 is 1.98. The van der Waals surface area contributed by atoms with Crippen LogP contribution in [0.25, 0.3) is 11.0 Å². The van der Waals surface area contributed by atoms with Crippen molar-refractivity contribution in [1.82, 2.24) is 29.3 Å². The number of fused-ring (bicyclic) bond motifs is 2. The first-order valence-corrected chi connectivity index (χ1v) is 12.7. The summed E-state index contributed by atoms with van der Waals surface area (Å²) in [6.45, 7) is 3.74. The van der Waals surface area contributed by atoms with Crippen molar-refractivity contribution >= 4 is 16.9 Å². The fraction of sp³-hybridized carbons (Fsp3) is 0.538. The van der Waals surface area contributed by atoms with Crippen LogP contribution in [0.3, 0.4) is 0 Å². The number of amides is 1. The lowest BCUT2D eigenvalue weighted by atomic mass is 9.92. The molecule has 0 bridgehead atoms. The van der Waals surface area contributed by atoms with Gasteiger partial charge in [-0.25, -0.2) is 9.78 Å². The largest absolute Gasteiger partial charge is 0.337 e. The minimum absolute atomic E-state index is 0.0132. The van der Waals surface area contributed by atoms with Crippen molar-refractivity contribution in [3.63, 3.8) is 0 Å². The van der Waals surface area contributed by atoms with Gasteiger partial charge >= 0.3 is 5.69 Å². The summed E-state index contributed by atoms with van der Waals surface area (Å²) in [5.74, 6) is 1.40. The van der Waals surface area contributed by atoms with E-state index in [0.717, 1.165) is 62.9 Å². The van der Waals surface area contributed by atoms with E-state index in [1.54, 1.807) is 18.6 Å². The van der Waals surface area contributed by atoms with Crippen molar-refractivity contribution in [2.45, 2.75) is 50.6 Å². The lowest BCUT2D eigenvalue weighted by Gasteiger charge is -2.36. The molecule has 1 aliphatic carbocycles. The summed E-state index contributed by atoms with van der Waals surface area (Å²) in [6.07, 6.45) is 11.4. The Morgan fingerprint density at radius 3 is 2.35 bits per heavy atom. The van der Waals surface area contributed by atoms with Crippen LogP contribution in [-0.2, 0) is 0 Å². The first-order chi connectivity index (χ1) is 16.7. The Morgan fingerprint density at radius 1 is 0.912 bits per heavy atom. The van der Waals surface area contributed by atoms with Gasteiger partial charge in [-0.3, -0.25) is 14.3 Å². The smallest absolute Gasteiger partial charge is 0.326 e. The molecule has 2 aliphatic heterocycles. The summed E-state index contributed by atoms with van der Waals surface area (Å²) in [5, 5.41) is 0. The number of nitrogens with one attached hydrogen (secondary N) is 1. The number of rotatable bonds is 3. The maximum Gasteiger partial charge on any atom is 0.326 e. The highest BCUT2D eigenvalue weighted by Crippen LogP contribution is 2.42. The van der Waals surface area contributed by atoms with Gasteiger partial charge in [-0.1, -0.05) is 12.1 Å². The van der Waals surface area contributed by atoms with E-state index in [0.29, 0.717) is 23.6 Å². The minimum Gasteiger partial charge on any atom is -0.337 e. The zero-order valence-electron chi connectivity index (χ0n) is 19.5. The molecule has 4 heterocycles. The molecule has 6 rings (SSSR count). The molecular formula is C26H32N6O2. The molecule has 3 fully saturated rings. The number of nitrogens with zero attached hydrogens (tertiary/aromatic N) is 5. The normalized spacial score (nSPS) is 26.5. The number of likely N-dealkylation sites (tertiary alicyclic amines) is 2. The van der Waals surface area contributed by atoms with E-state index in [1.165, 1.54) is 12.8 Å². The zero-order valence-corrected chi connectivity index (χ0v) is 19.5. The van der Waals surface area contributed by atoms with Crippen LogP contribution >= 0.6 is 0 Å². The van der Waals surface area contributed by atoms with Gasteiger partial charge < -0.3 is 14.8 Å². The molecule has 2 aromatic heterocycles. The number of piperidine rings is 1. The van der Waals surface area contributed by atoms with Crippen molar-refractivity contribution in [3.05, 3.63) is 59.0 Å². The van der Waals surface area contributed by atoms with Gasteiger partial charge in [0.15, 0.2) is 0 Å². The molecule has 0 spiro atoms. The predicted octanol–water partition coefficient (Wildman–Crippen LogP) is 3.09. The van der Waals surface area contributed by atoms with E-state index in [-0.39, 0.29) is 17.6 Å². The molecule has 3 aliphatic rings. The van der Waals surface area contributed by atoms with Gasteiger partial charge in [-0.15, -0.1) is 0 Å². The van der Waals surface area contributed by atoms with Gasteiger partial charge in [0.1, 0.15) is 5.69 Å². The Bertz CT molecular complexity index is 1200. The third-order valence-corrected chi connectivity index (χ3v) is 8.43. The van der Waals surface area contributed by atoms with Gasteiger partial charge in [0.05, 0.1) is 17.2 Å². The topological polar surface area (TPSA) is 87.1 Å². The summed E-state index contributed by atoms with van der Waals surface area (Å²) in [7, 11) is 0. The standard InChI is InChI=1S/C26H32N6O2/c33-25(23-17-27-9-10-28-23)31-11-5-18-15-21(16-19(18)6-12-31)30-13-7-20(8-14-30)32-24-4-2-1-3-22(24)29-26(32)34/h1-4,9-10,17-21H,5-8,11-16H2,(H,29,34). The van der Waals surface area contributed by atoms with Gasteiger partial charge in [-0.05, 0) is 62.5 Å². The quantitative estimate of drug-likeness (QED) is 0.649. The Labute approximate surface area is 199 Å². The number of aromatic nitrogens is 4. The number of benzene rings is 1. The Kier molecular flexibility index (Phi) is 5.69. The molecule has 8 nitrogen and oxygen atoms in total. The van der Waals surface area contributed by atoms with Crippen molar-refractivity contribution in [3.8, 4) is 0 Å². The van der Waals surface area contributed by atoms with Crippen LogP contribution in [0.4, 0.5) is 0 Å². The molecule has 1 N–H and O–H groups in total. The molecule has 3 aromatic rings. The van der Waals surface area contributed by atoms with Crippen molar-refractivity contribution in [1.29, 1.82) is 0 Å². The average Bonchev–Trinajstić information content (AvgIpc) is 3.38. The number of H-pyrrole nitrogens is 1. The molecule has 1 saturated carbocycles. The third kappa shape index (κ3) is 3.94. The highest BCUT2D eigenvalue weighted by molar-refractivity contribution is 5.91. The molecular weight excluding hydrogens is 428 g/mol. The molecule has 1 aromatic carbocycles. The first kappa shape index (κ1) is 21.5. The first-order valence-electron chi connectivity index (χ1n) is 12.7. The monoisotopic (exact) mass is 460 g/mol. The van der Waals surface area contributed by atoms with Crippen LogP contribution in [0.15, 0.2) is 47.7 Å². The molecule has 2 atom stereocenters. The number of para-hydroxylation sites is 2. The van der Waals surface area contributed by atoms with Crippen molar-refractivity contribution in [2.75, 3.05) is 26.2 Å². The molecule has 0 radical (unpaired) electrons. The number of hydrogen-bond donors (Lipinski definition) is 1. The highest BCUT2D eigenvalue weighted by atomic mass is 16.2. The van der Waals surface area contributed by atoms with E-state index in [4.69, 9.17) is 0 Å². The highest BCUT2D eigenvalue weighted by Gasteiger charge is 2.40. The molecule has 1 amide bonds. The molecule has 8 heteroatoms. The summed E-state index contributed by atoms with van der Waals surface area (Å²) >= 11 is 0. The third-order valence-electron chi connectivity index (χ3n) is 8.43. The lowest BCUT2D eigenvalue weighted by Crippen LogP contribution is -2.42.